The molecule has 0 aliphatic rings. The lowest BCUT2D eigenvalue weighted by molar-refractivity contribution is 0.0954. The Balaban J connectivity index is 1.42. The van der Waals surface area contributed by atoms with E-state index in [2.05, 4.69) is 31.8 Å². The number of benzene rings is 2. The monoisotopic (exact) mass is 501 g/mol. The van der Waals surface area contributed by atoms with Crippen molar-refractivity contribution in [2.45, 2.75) is 0 Å². The van der Waals surface area contributed by atoms with Crippen LogP contribution in [0.3, 0.4) is 0 Å². The highest BCUT2D eigenvalue weighted by Gasteiger charge is 2.17. The second-order valence-corrected chi connectivity index (χ2v) is 8.48. The second kappa shape index (κ2) is 8.83. The number of anilines is 1. The number of nitrogens with one attached hydrogen (secondary N) is 2. The molecule has 0 saturated carbocycles. The van der Waals surface area contributed by atoms with Crippen molar-refractivity contribution in [1.29, 1.82) is 0 Å². The van der Waals surface area contributed by atoms with Gasteiger partial charge in [-0.1, -0.05) is 33.6 Å². The molecule has 2 N–H and O–H groups in total. The number of fused-ring (bicyclic) bond motifs is 1. The Hall–Kier alpha value is -2.94. The Morgan fingerprint density at radius 3 is 2.63 bits per heavy atom. The zero-order chi connectivity index (χ0) is 21.1. The minimum Gasteiger partial charge on any atom is -0.463 e. The van der Waals surface area contributed by atoms with Crippen LogP contribution in [-0.2, 0) is 0 Å². The van der Waals surface area contributed by atoms with Crippen LogP contribution < -0.4 is 10.7 Å². The van der Waals surface area contributed by atoms with Gasteiger partial charge in [-0.05, 0) is 48.5 Å². The number of hydrogen-bond donors (Lipinski definition) is 2. The van der Waals surface area contributed by atoms with Crippen molar-refractivity contribution >= 4 is 72.7 Å². The Bertz CT molecular complexity index is 1250. The summed E-state index contributed by atoms with van der Waals surface area (Å²) in [6.45, 7) is 0. The topological polar surface area (TPSA) is 83.7 Å². The van der Waals surface area contributed by atoms with E-state index in [0.717, 1.165) is 14.6 Å². The summed E-state index contributed by atoms with van der Waals surface area (Å²) < 4.78 is 6.93. The molecule has 9 heteroatoms. The number of furan rings is 1. The molecule has 0 spiro atoms. The van der Waals surface area contributed by atoms with Gasteiger partial charge in [0.25, 0.3) is 11.8 Å². The molecule has 2 aromatic carbocycles. The number of amides is 2. The van der Waals surface area contributed by atoms with Crippen molar-refractivity contribution < 1.29 is 14.0 Å². The van der Waals surface area contributed by atoms with E-state index in [9.17, 15) is 9.59 Å². The van der Waals surface area contributed by atoms with Gasteiger partial charge in [0.2, 0.25) is 0 Å². The fourth-order valence-electron chi connectivity index (χ4n) is 2.66. The molecule has 6 nitrogen and oxygen atoms in total. The molecule has 150 valence electrons. The standard InChI is InChI=1S/C21H13BrClN3O3S/c22-13-5-8-16-17(10-13)30-19(18(16)23)21(28)25-14-6-3-12(4-7-14)20(27)26-24-11-15-2-1-9-29-15/h1-11H,(H,25,28)(H,26,27)/b24-11-. The van der Waals surface area contributed by atoms with E-state index >= 15 is 0 Å². The highest BCUT2D eigenvalue weighted by molar-refractivity contribution is 9.10. The lowest BCUT2D eigenvalue weighted by Crippen LogP contribution is -2.17. The maximum absolute atomic E-state index is 12.7. The van der Waals surface area contributed by atoms with E-state index in [1.807, 2.05) is 18.2 Å². The average molecular weight is 503 g/mol. The third-order valence-corrected chi connectivity index (χ3v) is 6.25. The van der Waals surface area contributed by atoms with Crippen molar-refractivity contribution in [2.24, 2.45) is 5.10 Å². The Morgan fingerprint density at radius 2 is 1.90 bits per heavy atom. The molecule has 0 atom stereocenters. The largest absolute Gasteiger partial charge is 0.463 e. The summed E-state index contributed by atoms with van der Waals surface area (Å²) in [5.41, 5.74) is 3.36. The summed E-state index contributed by atoms with van der Waals surface area (Å²) >= 11 is 11.1. The molecule has 0 bridgehead atoms. The van der Waals surface area contributed by atoms with Crippen molar-refractivity contribution in [3.63, 3.8) is 0 Å². The summed E-state index contributed by atoms with van der Waals surface area (Å²) in [6.07, 6.45) is 2.92. The number of thiophene rings is 1. The van der Waals surface area contributed by atoms with E-state index in [-0.39, 0.29) is 11.8 Å². The molecular formula is C21H13BrClN3O3S. The molecule has 2 heterocycles. The fourth-order valence-corrected chi connectivity index (χ4v) is 4.63. The molecule has 4 rings (SSSR count). The van der Waals surface area contributed by atoms with Crippen molar-refractivity contribution in [2.75, 3.05) is 5.32 Å². The SMILES string of the molecule is O=C(N/N=C\c1ccco1)c1ccc(NC(=O)c2sc3cc(Br)ccc3c2Cl)cc1. The van der Waals surface area contributed by atoms with Gasteiger partial charge in [-0.2, -0.15) is 5.10 Å². The normalized spacial score (nSPS) is 11.1. The first-order valence-electron chi connectivity index (χ1n) is 8.67. The van der Waals surface area contributed by atoms with Gasteiger partial charge < -0.3 is 9.73 Å². The number of halogens is 2. The van der Waals surface area contributed by atoms with Crippen LogP contribution in [0.1, 0.15) is 25.8 Å². The lowest BCUT2D eigenvalue weighted by atomic mass is 10.2. The first kappa shape index (κ1) is 20.3. The molecule has 30 heavy (non-hydrogen) atoms. The number of rotatable bonds is 5. The predicted octanol–water partition coefficient (Wildman–Crippen LogP) is 5.93. The van der Waals surface area contributed by atoms with E-state index < -0.39 is 0 Å². The summed E-state index contributed by atoms with van der Waals surface area (Å²) in [5, 5.41) is 7.89. The lowest BCUT2D eigenvalue weighted by Gasteiger charge is -2.05. The Labute approximate surface area is 188 Å². The van der Waals surface area contributed by atoms with E-state index in [4.69, 9.17) is 16.0 Å². The van der Waals surface area contributed by atoms with E-state index in [0.29, 0.717) is 26.9 Å². The van der Waals surface area contributed by atoms with Gasteiger partial charge in [-0.3, -0.25) is 9.59 Å². The summed E-state index contributed by atoms with van der Waals surface area (Å²) in [5.74, 6) is -0.160. The molecule has 0 aliphatic carbocycles. The summed E-state index contributed by atoms with van der Waals surface area (Å²) in [6, 6.07) is 15.6. The molecule has 2 amide bonds. The highest BCUT2D eigenvalue weighted by Crippen LogP contribution is 2.37. The molecule has 0 aliphatic heterocycles. The van der Waals surface area contributed by atoms with Gasteiger partial charge in [0.1, 0.15) is 10.6 Å². The maximum Gasteiger partial charge on any atom is 0.271 e. The van der Waals surface area contributed by atoms with Gasteiger partial charge in [0.05, 0.1) is 17.5 Å². The van der Waals surface area contributed by atoms with Crippen LogP contribution in [0.15, 0.2) is 74.9 Å². The number of carbonyl (C=O) groups excluding carboxylic acids is 2. The zero-order valence-corrected chi connectivity index (χ0v) is 18.3. The smallest absolute Gasteiger partial charge is 0.271 e. The molecule has 0 fully saturated rings. The van der Waals surface area contributed by atoms with Crippen molar-refractivity contribution in [1.82, 2.24) is 5.43 Å². The predicted molar refractivity (Wildman–Crippen MR) is 123 cm³/mol. The first-order valence-corrected chi connectivity index (χ1v) is 10.7. The molecule has 0 radical (unpaired) electrons. The molecule has 2 aromatic heterocycles. The zero-order valence-electron chi connectivity index (χ0n) is 15.2. The molecule has 4 aromatic rings. The van der Waals surface area contributed by atoms with Crippen LogP contribution in [0.5, 0.6) is 0 Å². The Morgan fingerprint density at radius 1 is 1.10 bits per heavy atom. The van der Waals surface area contributed by atoms with Crippen molar-refractivity contribution in [3.05, 3.63) is 86.6 Å². The van der Waals surface area contributed by atoms with Gasteiger partial charge in [0, 0.05) is 25.8 Å². The number of carbonyl (C=O) groups is 2. The minimum absolute atomic E-state index is 0.308. The summed E-state index contributed by atoms with van der Waals surface area (Å²) in [7, 11) is 0. The van der Waals surface area contributed by atoms with Crippen LogP contribution in [0.4, 0.5) is 5.69 Å². The maximum atomic E-state index is 12.7. The second-order valence-electron chi connectivity index (χ2n) is 6.13. The Kier molecular flexibility index (Phi) is 5.98. The average Bonchev–Trinajstić information content (AvgIpc) is 3.36. The van der Waals surface area contributed by atoms with Crippen LogP contribution >= 0.6 is 38.9 Å². The van der Waals surface area contributed by atoms with Crippen LogP contribution in [0.2, 0.25) is 5.02 Å². The highest BCUT2D eigenvalue weighted by atomic mass is 79.9. The van der Waals surface area contributed by atoms with Crippen LogP contribution in [0, 0.1) is 0 Å². The van der Waals surface area contributed by atoms with Crippen molar-refractivity contribution in [3.8, 4) is 0 Å². The molecule has 0 unspecified atom stereocenters. The number of nitrogens with zero attached hydrogens (tertiary/aromatic N) is 1. The third-order valence-electron chi connectivity index (χ3n) is 4.10. The minimum atomic E-state index is -0.381. The van der Waals surface area contributed by atoms with Gasteiger partial charge in [-0.25, -0.2) is 5.43 Å². The van der Waals surface area contributed by atoms with E-state index in [1.165, 1.54) is 23.8 Å². The van der Waals surface area contributed by atoms with Gasteiger partial charge in [0.15, 0.2) is 0 Å². The number of hydrazone groups is 1. The number of hydrogen-bond acceptors (Lipinski definition) is 5. The third kappa shape index (κ3) is 4.46. The van der Waals surface area contributed by atoms with Crippen LogP contribution in [0.25, 0.3) is 10.1 Å². The van der Waals surface area contributed by atoms with Crippen LogP contribution in [-0.4, -0.2) is 18.0 Å². The molecular weight excluding hydrogens is 490 g/mol. The van der Waals surface area contributed by atoms with Gasteiger partial charge >= 0.3 is 0 Å². The fraction of sp³-hybridized carbons (Fsp3) is 0. The van der Waals surface area contributed by atoms with E-state index in [1.54, 1.807) is 36.4 Å². The summed E-state index contributed by atoms with van der Waals surface area (Å²) in [4.78, 5) is 25.2. The van der Waals surface area contributed by atoms with Gasteiger partial charge in [-0.15, -0.1) is 11.3 Å². The quantitative estimate of drug-likeness (QED) is 0.262. The first-order chi connectivity index (χ1) is 14.5. The molecule has 0 saturated heterocycles.